The molecule has 1 saturated heterocycles. The standard InChI is InChI=1S/C28H32N6O2/c1-15(2)27(35)32-17-7-9-19-21(13-17)20-12-16(28(36)34-10-4-5-11-34)6-8-18(20)22-23-25(29)30-14-31-26(23)33(3)24(19)22/h7-9,13-16,20H,4-6,10-12H2,1-3H3,(H,32,35)(H2,29,30,31)/t16-,20+/m1/s1. The van der Waals surface area contributed by atoms with Crippen molar-refractivity contribution in [1.29, 1.82) is 0 Å². The second-order valence-electron chi connectivity index (χ2n) is 10.6. The highest BCUT2D eigenvalue weighted by atomic mass is 16.2. The van der Waals surface area contributed by atoms with Crippen LogP contribution < -0.4 is 11.1 Å². The zero-order valence-corrected chi connectivity index (χ0v) is 21.0. The number of carbonyl (C=O) groups is 2. The van der Waals surface area contributed by atoms with E-state index in [9.17, 15) is 9.59 Å². The van der Waals surface area contributed by atoms with E-state index in [0.29, 0.717) is 12.2 Å². The van der Waals surface area contributed by atoms with Crippen molar-refractivity contribution in [2.24, 2.45) is 18.9 Å². The summed E-state index contributed by atoms with van der Waals surface area (Å²) in [5.74, 6) is 0.583. The third kappa shape index (κ3) is 3.42. The second kappa shape index (κ2) is 8.47. The number of rotatable bonds is 3. The van der Waals surface area contributed by atoms with Crippen molar-refractivity contribution in [2.75, 3.05) is 24.1 Å². The maximum absolute atomic E-state index is 13.4. The van der Waals surface area contributed by atoms with E-state index in [2.05, 4.69) is 38.1 Å². The number of amides is 2. The smallest absolute Gasteiger partial charge is 0.226 e. The molecule has 0 radical (unpaired) electrons. The summed E-state index contributed by atoms with van der Waals surface area (Å²) in [4.78, 5) is 36.7. The van der Waals surface area contributed by atoms with Gasteiger partial charge in [-0.25, -0.2) is 9.97 Å². The molecule has 0 bridgehead atoms. The molecule has 1 aliphatic heterocycles. The minimum absolute atomic E-state index is 0.0133. The van der Waals surface area contributed by atoms with Gasteiger partial charge in [0.15, 0.2) is 0 Å². The Morgan fingerprint density at radius 1 is 1.17 bits per heavy atom. The first-order chi connectivity index (χ1) is 17.3. The first-order valence-electron chi connectivity index (χ1n) is 12.9. The molecule has 1 fully saturated rings. The molecule has 2 aromatic heterocycles. The molecule has 186 valence electrons. The summed E-state index contributed by atoms with van der Waals surface area (Å²) in [5.41, 5.74) is 13.5. The summed E-state index contributed by atoms with van der Waals surface area (Å²) < 4.78 is 2.09. The summed E-state index contributed by atoms with van der Waals surface area (Å²) in [7, 11) is 2.01. The number of hydrogen-bond donors (Lipinski definition) is 2. The molecule has 36 heavy (non-hydrogen) atoms. The number of hydrogen-bond acceptors (Lipinski definition) is 5. The van der Waals surface area contributed by atoms with Crippen LogP contribution in [0.2, 0.25) is 0 Å². The minimum Gasteiger partial charge on any atom is -0.383 e. The van der Waals surface area contributed by atoms with Gasteiger partial charge in [0.2, 0.25) is 11.8 Å². The van der Waals surface area contributed by atoms with Crippen LogP contribution in [0.25, 0.3) is 27.9 Å². The van der Waals surface area contributed by atoms with Crippen LogP contribution in [0.1, 0.15) is 56.6 Å². The Morgan fingerprint density at radius 3 is 2.69 bits per heavy atom. The monoisotopic (exact) mass is 484 g/mol. The fourth-order valence-corrected chi connectivity index (χ4v) is 6.19. The van der Waals surface area contributed by atoms with Crippen molar-refractivity contribution in [2.45, 2.75) is 45.4 Å². The number of carbonyl (C=O) groups excluding carboxylic acids is 2. The number of fused-ring (bicyclic) bond motifs is 8. The fraction of sp³-hybridized carbons (Fsp3) is 0.429. The van der Waals surface area contributed by atoms with E-state index in [4.69, 9.17) is 5.73 Å². The maximum atomic E-state index is 13.4. The highest BCUT2D eigenvalue weighted by Crippen LogP contribution is 2.55. The van der Waals surface area contributed by atoms with Gasteiger partial charge < -0.3 is 20.5 Å². The number of benzene rings is 1. The zero-order valence-electron chi connectivity index (χ0n) is 21.0. The average molecular weight is 485 g/mol. The molecule has 2 atom stereocenters. The number of aromatic nitrogens is 3. The first-order valence-corrected chi connectivity index (χ1v) is 12.9. The molecule has 0 unspecified atom stereocenters. The van der Waals surface area contributed by atoms with Crippen LogP contribution in [0.3, 0.4) is 0 Å². The Hall–Kier alpha value is -3.68. The Balaban J connectivity index is 1.52. The lowest BCUT2D eigenvalue weighted by Crippen LogP contribution is -2.36. The number of aryl methyl sites for hydroxylation is 1. The molecule has 8 heteroatoms. The SMILES string of the molecule is CC(C)C(=O)Nc1ccc2c(c1)[C@H]1C[C@H](C(=O)N3CCCC3)CC=C1c1c-2n(C)c2ncnc(N)c12. The van der Waals surface area contributed by atoms with Gasteiger partial charge in [0.25, 0.3) is 0 Å². The van der Waals surface area contributed by atoms with Crippen LogP contribution in [0.5, 0.6) is 0 Å². The molecule has 0 saturated carbocycles. The highest BCUT2D eigenvalue weighted by Gasteiger charge is 2.40. The van der Waals surface area contributed by atoms with Gasteiger partial charge in [-0.2, -0.15) is 0 Å². The van der Waals surface area contributed by atoms with Gasteiger partial charge in [-0.3, -0.25) is 9.59 Å². The predicted octanol–water partition coefficient (Wildman–Crippen LogP) is 4.33. The van der Waals surface area contributed by atoms with Gasteiger partial charge in [0.05, 0.1) is 11.1 Å². The van der Waals surface area contributed by atoms with Gasteiger partial charge in [0.1, 0.15) is 17.8 Å². The fourth-order valence-electron chi connectivity index (χ4n) is 6.19. The lowest BCUT2D eigenvalue weighted by molar-refractivity contribution is -0.134. The molecule has 3 aliphatic rings. The molecule has 8 nitrogen and oxygen atoms in total. The molecular formula is C28H32N6O2. The number of nitrogens with zero attached hydrogens (tertiary/aromatic N) is 4. The number of likely N-dealkylation sites (tertiary alicyclic amines) is 1. The normalized spacial score (nSPS) is 20.7. The Morgan fingerprint density at radius 2 is 1.94 bits per heavy atom. The van der Waals surface area contributed by atoms with Crippen LogP contribution in [-0.4, -0.2) is 44.3 Å². The predicted molar refractivity (Wildman–Crippen MR) is 141 cm³/mol. The average Bonchev–Trinajstić information content (AvgIpc) is 3.51. The van der Waals surface area contributed by atoms with Crippen LogP contribution in [0, 0.1) is 11.8 Å². The van der Waals surface area contributed by atoms with Gasteiger partial charge in [-0.15, -0.1) is 0 Å². The Bertz CT molecular complexity index is 1430. The number of nitrogens with two attached hydrogens (primary N) is 1. The third-order valence-corrected chi connectivity index (χ3v) is 8.04. The number of anilines is 2. The van der Waals surface area contributed by atoms with Gasteiger partial charge in [-0.1, -0.05) is 26.0 Å². The van der Waals surface area contributed by atoms with Crippen molar-refractivity contribution in [3.8, 4) is 11.3 Å². The van der Waals surface area contributed by atoms with E-state index in [1.54, 1.807) is 0 Å². The van der Waals surface area contributed by atoms with E-state index in [1.165, 1.54) is 11.9 Å². The minimum atomic E-state index is -0.111. The first kappa shape index (κ1) is 22.8. The topological polar surface area (TPSA) is 106 Å². The highest BCUT2D eigenvalue weighted by molar-refractivity contribution is 6.08. The van der Waals surface area contributed by atoms with Crippen LogP contribution in [0.15, 0.2) is 30.6 Å². The molecule has 3 aromatic rings. The molecule has 6 rings (SSSR count). The van der Waals surface area contributed by atoms with Crippen LogP contribution >= 0.6 is 0 Å². The third-order valence-electron chi connectivity index (χ3n) is 8.04. The number of nitrogens with one attached hydrogen (secondary N) is 1. The molecular weight excluding hydrogens is 452 g/mol. The van der Waals surface area contributed by atoms with Crippen molar-refractivity contribution in [1.82, 2.24) is 19.4 Å². The summed E-state index contributed by atoms with van der Waals surface area (Å²) in [6.07, 6.45) is 7.36. The molecule has 1 aromatic carbocycles. The van der Waals surface area contributed by atoms with Crippen molar-refractivity contribution in [3.63, 3.8) is 0 Å². The summed E-state index contributed by atoms with van der Waals surface area (Å²) >= 11 is 0. The number of allylic oxidation sites excluding steroid dienone is 2. The molecule has 0 spiro atoms. The zero-order chi connectivity index (χ0) is 25.1. The van der Waals surface area contributed by atoms with E-state index >= 15 is 0 Å². The summed E-state index contributed by atoms with van der Waals surface area (Å²) in [6.45, 7) is 5.49. The summed E-state index contributed by atoms with van der Waals surface area (Å²) in [6, 6.07) is 6.13. The van der Waals surface area contributed by atoms with E-state index in [1.807, 2.05) is 31.9 Å². The van der Waals surface area contributed by atoms with E-state index in [-0.39, 0.29) is 29.6 Å². The van der Waals surface area contributed by atoms with Crippen LogP contribution in [-0.2, 0) is 16.6 Å². The van der Waals surface area contributed by atoms with Crippen molar-refractivity contribution in [3.05, 3.63) is 41.7 Å². The molecule has 2 aliphatic carbocycles. The van der Waals surface area contributed by atoms with Gasteiger partial charge in [0, 0.05) is 54.7 Å². The molecule has 3 heterocycles. The van der Waals surface area contributed by atoms with Crippen molar-refractivity contribution >= 4 is 39.9 Å². The van der Waals surface area contributed by atoms with Gasteiger partial charge in [-0.05, 0) is 49.0 Å². The Kier molecular flexibility index (Phi) is 5.35. The molecule has 2 amide bonds. The maximum Gasteiger partial charge on any atom is 0.226 e. The lowest BCUT2D eigenvalue weighted by atomic mass is 9.69. The Labute approximate surface area is 210 Å². The summed E-state index contributed by atoms with van der Waals surface area (Å²) in [5, 5.41) is 3.93. The molecule has 3 N–H and O–H groups in total. The van der Waals surface area contributed by atoms with Crippen LogP contribution in [0.4, 0.5) is 11.5 Å². The largest absolute Gasteiger partial charge is 0.383 e. The number of nitrogen functional groups attached to an aromatic ring is 1. The van der Waals surface area contributed by atoms with Gasteiger partial charge >= 0.3 is 0 Å². The van der Waals surface area contributed by atoms with E-state index < -0.39 is 0 Å². The quantitative estimate of drug-likeness (QED) is 0.576. The second-order valence-corrected chi connectivity index (χ2v) is 10.6. The van der Waals surface area contributed by atoms with E-state index in [0.717, 1.165) is 71.5 Å². The van der Waals surface area contributed by atoms with Crippen molar-refractivity contribution < 1.29 is 9.59 Å². The lowest BCUT2D eigenvalue weighted by Gasteiger charge is -2.36.